The Morgan fingerprint density at radius 1 is 1.23 bits per heavy atom. The van der Waals surface area contributed by atoms with Crippen LogP contribution >= 0.6 is 11.3 Å². The molecule has 0 saturated carbocycles. The lowest BCUT2D eigenvalue weighted by molar-refractivity contribution is -0.132. The molecular formula is C23H29N3O3S. The number of para-hydroxylation sites is 2. The van der Waals surface area contributed by atoms with Crippen LogP contribution < -0.4 is 15.0 Å². The molecule has 0 saturated heterocycles. The third kappa shape index (κ3) is 4.31. The van der Waals surface area contributed by atoms with E-state index in [0.717, 1.165) is 31.5 Å². The Labute approximate surface area is 181 Å². The summed E-state index contributed by atoms with van der Waals surface area (Å²) in [4.78, 5) is 31.2. The topological polar surface area (TPSA) is 61.9 Å². The molecule has 30 heavy (non-hydrogen) atoms. The molecule has 3 heterocycles. The zero-order valence-electron chi connectivity index (χ0n) is 17.6. The van der Waals surface area contributed by atoms with E-state index in [1.807, 2.05) is 34.1 Å². The first-order chi connectivity index (χ1) is 14.6. The van der Waals surface area contributed by atoms with Crippen LogP contribution in [-0.4, -0.2) is 48.5 Å². The van der Waals surface area contributed by atoms with Gasteiger partial charge in [-0.3, -0.25) is 9.59 Å². The van der Waals surface area contributed by atoms with Gasteiger partial charge >= 0.3 is 0 Å². The summed E-state index contributed by atoms with van der Waals surface area (Å²) in [6.45, 7) is 6.15. The Balaban J connectivity index is 1.47. The molecule has 0 spiro atoms. The van der Waals surface area contributed by atoms with Crippen molar-refractivity contribution in [2.75, 3.05) is 24.5 Å². The van der Waals surface area contributed by atoms with Gasteiger partial charge in [0.2, 0.25) is 5.91 Å². The minimum atomic E-state index is -0.627. The van der Waals surface area contributed by atoms with Gasteiger partial charge in [0.15, 0.2) is 6.10 Å². The lowest BCUT2D eigenvalue weighted by atomic mass is 10.1. The van der Waals surface area contributed by atoms with E-state index in [2.05, 4.69) is 30.6 Å². The van der Waals surface area contributed by atoms with Crippen molar-refractivity contribution in [2.24, 2.45) is 0 Å². The van der Waals surface area contributed by atoms with E-state index in [9.17, 15) is 9.59 Å². The number of carbonyl (C=O) groups excluding carboxylic acids is 2. The van der Waals surface area contributed by atoms with Gasteiger partial charge in [-0.05, 0) is 48.4 Å². The van der Waals surface area contributed by atoms with E-state index in [4.69, 9.17) is 4.74 Å². The number of carbonyl (C=O) groups is 2. The number of thiophene rings is 1. The fraction of sp³-hybridized carbons (Fsp3) is 0.478. The van der Waals surface area contributed by atoms with Crippen molar-refractivity contribution in [1.82, 2.24) is 10.2 Å². The van der Waals surface area contributed by atoms with E-state index in [1.54, 1.807) is 11.3 Å². The quantitative estimate of drug-likeness (QED) is 0.769. The maximum atomic E-state index is 13.1. The van der Waals surface area contributed by atoms with Gasteiger partial charge in [-0.15, -0.1) is 11.3 Å². The summed E-state index contributed by atoms with van der Waals surface area (Å²) in [6.07, 6.45) is 2.05. The number of hydrogen-bond acceptors (Lipinski definition) is 5. The van der Waals surface area contributed by atoms with Crippen LogP contribution in [0, 0.1) is 0 Å². The fourth-order valence-electron chi connectivity index (χ4n) is 4.10. The molecule has 0 bridgehead atoms. The summed E-state index contributed by atoms with van der Waals surface area (Å²) < 4.78 is 6.00. The van der Waals surface area contributed by atoms with E-state index >= 15 is 0 Å². The Bertz CT molecular complexity index is 909. The van der Waals surface area contributed by atoms with Crippen molar-refractivity contribution in [3.63, 3.8) is 0 Å². The monoisotopic (exact) mass is 427 g/mol. The van der Waals surface area contributed by atoms with Gasteiger partial charge in [0.1, 0.15) is 5.75 Å². The fourth-order valence-corrected chi connectivity index (χ4v) is 4.99. The Morgan fingerprint density at radius 2 is 2.03 bits per heavy atom. The maximum Gasteiger partial charge on any atom is 0.263 e. The van der Waals surface area contributed by atoms with Gasteiger partial charge in [-0.1, -0.05) is 26.0 Å². The summed E-state index contributed by atoms with van der Waals surface area (Å²) >= 11 is 1.77. The van der Waals surface area contributed by atoms with Gasteiger partial charge in [-0.2, -0.15) is 0 Å². The van der Waals surface area contributed by atoms with Crippen molar-refractivity contribution in [3.8, 4) is 5.75 Å². The molecule has 4 rings (SSSR count). The van der Waals surface area contributed by atoms with E-state index in [-0.39, 0.29) is 24.4 Å². The minimum Gasteiger partial charge on any atom is -0.477 e. The van der Waals surface area contributed by atoms with Crippen LogP contribution in [0.4, 0.5) is 5.69 Å². The van der Waals surface area contributed by atoms with Crippen LogP contribution in [-0.2, 0) is 22.6 Å². The van der Waals surface area contributed by atoms with E-state index in [0.29, 0.717) is 18.8 Å². The largest absolute Gasteiger partial charge is 0.477 e. The molecule has 0 fully saturated rings. The number of benzene rings is 1. The van der Waals surface area contributed by atoms with E-state index < -0.39 is 6.10 Å². The van der Waals surface area contributed by atoms with Gasteiger partial charge in [-0.25, -0.2) is 0 Å². The van der Waals surface area contributed by atoms with Crippen molar-refractivity contribution in [3.05, 3.63) is 46.2 Å². The number of hydrogen-bond donors (Lipinski definition) is 1. The molecule has 7 heteroatoms. The molecule has 0 aliphatic carbocycles. The zero-order chi connectivity index (χ0) is 21.1. The molecule has 160 valence electrons. The highest BCUT2D eigenvalue weighted by molar-refractivity contribution is 7.10. The third-order valence-corrected chi connectivity index (χ3v) is 7.00. The number of nitrogens with zero attached hydrogens (tertiary/aromatic N) is 2. The van der Waals surface area contributed by atoms with Crippen molar-refractivity contribution < 1.29 is 14.3 Å². The summed E-state index contributed by atoms with van der Waals surface area (Å²) in [5.74, 6) is 0.624. The molecule has 6 nitrogen and oxygen atoms in total. The maximum absolute atomic E-state index is 13.1. The smallest absolute Gasteiger partial charge is 0.263 e. The Hall–Kier alpha value is -2.54. The molecule has 1 unspecified atom stereocenters. The summed E-state index contributed by atoms with van der Waals surface area (Å²) in [5.41, 5.74) is 2.12. The van der Waals surface area contributed by atoms with Crippen molar-refractivity contribution >= 4 is 28.8 Å². The van der Waals surface area contributed by atoms with Crippen molar-refractivity contribution in [2.45, 2.75) is 51.8 Å². The minimum absolute atomic E-state index is 0.0858. The SMILES string of the molecule is CCC(CC)NC(=O)C1CN(CC(=O)N2CCc3sccc3C2)c2ccccc2O1. The third-order valence-electron chi connectivity index (χ3n) is 5.97. The first-order valence-electron chi connectivity index (χ1n) is 10.7. The van der Waals surface area contributed by atoms with Crippen LogP contribution in [0.5, 0.6) is 5.75 Å². The molecule has 2 aliphatic rings. The van der Waals surface area contributed by atoms with Gasteiger partial charge in [0.05, 0.1) is 18.8 Å². The predicted molar refractivity (Wildman–Crippen MR) is 119 cm³/mol. The van der Waals surface area contributed by atoms with Gasteiger partial charge < -0.3 is 19.9 Å². The molecule has 1 aromatic carbocycles. The molecule has 1 N–H and O–H groups in total. The number of ether oxygens (including phenoxy) is 1. The Kier molecular flexibility index (Phi) is 6.27. The lowest BCUT2D eigenvalue weighted by Crippen LogP contribution is -2.53. The molecular weight excluding hydrogens is 398 g/mol. The molecule has 2 amide bonds. The zero-order valence-corrected chi connectivity index (χ0v) is 18.4. The van der Waals surface area contributed by atoms with Gasteiger partial charge in [0.25, 0.3) is 5.91 Å². The molecule has 2 aliphatic heterocycles. The van der Waals surface area contributed by atoms with Gasteiger partial charge in [0, 0.05) is 24.0 Å². The highest BCUT2D eigenvalue weighted by Gasteiger charge is 2.33. The molecule has 1 aromatic heterocycles. The lowest BCUT2D eigenvalue weighted by Gasteiger charge is -2.37. The second-order valence-corrected chi connectivity index (χ2v) is 8.91. The summed E-state index contributed by atoms with van der Waals surface area (Å²) in [5, 5.41) is 5.17. The number of nitrogens with one attached hydrogen (secondary N) is 1. The predicted octanol–water partition coefficient (Wildman–Crippen LogP) is 3.21. The van der Waals surface area contributed by atoms with Crippen LogP contribution in [0.2, 0.25) is 0 Å². The number of amides is 2. The normalized spacial score (nSPS) is 17.9. The van der Waals surface area contributed by atoms with Crippen LogP contribution in [0.1, 0.15) is 37.1 Å². The number of anilines is 1. The first kappa shape index (κ1) is 20.7. The number of rotatable bonds is 6. The van der Waals surface area contributed by atoms with Crippen LogP contribution in [0.25, 0.3) is 0 Å². The standard InChI is InChI=1S/C23H29N3O3S/c1-3-17(4-2)24-23(28)20-14-26(18-7-5-6-8-19(18)29-20)15-22(27)25-11-9-21-16(13-25)10-12-30-21/h5-8,10,12,17,20H,3-4,9,11,13-15H2,1-2H3,(H,24,28). The van der Waals surface area contributed by atoms with Crippen LogP contribution in [0.15, 0.2) is 35.7 Å². The molecule has 0 radical (unpaired) electrons. The highest BCUT2D eigenvalue weighted by atomic mass is 32.1. The van der Waals surface area contributed by atoms with Crippen LogP contribution in [0.3, 0.4) is 0 Å². The Morgan fingerprint density at radius 3 is 2.83 bits per heavy atom. The average molecular weight is 428 g/mol. The first-order valence-corrected chi connectivity index (χ1v) is 11.6. The molecule has 1 atom stereocenters. The summed E-state index contributed by atoms with van der Waals surface area (Å²) in [6, 6.07) is 9.89. The second-order valence-electron chi connectivity index (χ2n) is 7.91. The second kappa shape index (κ2) is 9.08. The highest BCUT2D eigenvalue weighted by Crippen LogP contribution is 2.33. The van der Waals surface area contributed by atoms with Crippen molar-refractivity contribution in [1.29, 1.82) is 0 Å². The number of fused-ring (bicyclic) bond motifs is 2. The average Bonchev–Trinajstić information content (AvgIpc) is 3.25. The van der Waals surface area contributed by atoms with E-state index in [1.165, 1.54) is 10.4 Å². The molecule has 2 aromatic rings. The summed E-state index contributed by atoms with van der Waals surface area (Å²) in [7, 11) is 0.